The van der Waals surface area contributed by atoms with Crippen LogP contribution in [0.25, 0.3) is 0 Å². The molecule has 0 aliphatic rings. The second-order valence-electron chi connectivity index (χ2n) is 0.447. The molecule has 0 aromatic rings. The van der Waals surface area contributed by atoms with Crippen molar-refractivity contribution in [3.8, 4) is 0 Å². The van der Waals surface area contributed by atoms with Gasteiger partial charge in [0.15, 0.2) is 0 Å². The molecule has 8 nitrogen and oxygen atoms in total. The zero-order chi connectivity index (χ0) is 4.50. The van der Waals surface area contributed by atoms with Crippen LogP contribution in [0.15, 0.2) is 0 Å². The van der Waals surface area contributed by atoms with Gasteiger partial charge in [0.25, 0.3) is 0 Å². The number of rotatable bonds is 0. The largest absolute Gasteiger partial charge is 3.00 e. The molecule has 0 bridgehead atoms. The number of phosphoric acid groups is 1. The van der Waals surface area contributed by atoms with Crippen LogP contribution in [0.5, 0.6) is 0 Å². The molecule has 67 valence electrons. The maximum absolute atomic E-state index is 8.55. The third-order valence-corrected chi connectivity index (χ3v) is 0. The molecule has 10 heavy (non-hydrogen) atoms. The van der Waals surface area contributed by atoms with E-state index < -0.39 is 7.82 Å². The summed E-state index contributed by atoms with van der Waals surface area (Å²) in [5, 5.41) is 0. The Morgan fingerprint density at radius 1 is 0.800 bits per heavy atom. The maximum Gasteiger partial charge on any atom is 3.00 e. The number of hydrogen-bond acceptors (Lipinski definition) is 4. The first-order chi connectivity index (χ1) is 2.00. The van der Waals surface area contributed by atoms with Gasteiger partial charge in [-0.3, -0.25) is 0 Å². The summed E-state index contributed by atoms with van der Waals surface area (Å²) in [6.45, 7) is 0. The average Bonchev–Trinajstić information content (AvgIpc) is 0.722. The van der Waals surface area contributed by atoms with E-state index in [1.807, 2.05) is 0 Å². The minimum absolute atomic E-state index is 0. The molecule has 0 fully saturated rings. The predicted octanol–water partition coefficient (Wildman–Crippen LogP) is -6.13. The Balaban J connectivity index is -0.00000000800. The van der Waals surface area contributed by atoms with Gasteiger partial charge < -0.3 is 41.2 Å². The topological polar surface area (TPSA) is 212 Å². The molecule has 10 heteroatoms. The SMILES string of the molecule is O.O.O.O.O=P([O-])([O-])[O-].[Cr+3]. The van der Waals surface area contributed by atoms with Gasteiger partial charge in [0.1, 0.15) is 0 Å². The molecule has 0 rings (SSSR count). The molecule has 0 atom stereocenters. The minimum Gasteiger partial charge on any atom is -0.822 e. The zero-order valence-corrected chi connectivity index (χ0v) is 6.66. The van der Waals surface area contributed by atoms with Crippen molar-refractivity contribution < 1.29 is 58.5 Å². The fourth-order valence-electron chi connectivity index (χ4n) is 0. The minimum atomic E-state index is -5.39. The molecule has 0 aliphatic heterocycles. The van der Waals surface area contributed by atoms with Crippen LogP contribution in [0.3, 0.4) is 0 Å². The van der Waals surface area contributed by atoms with Crippen LogP contribution >= 0.6 is 7.82 Å². The van der Waals surface area contributed by atoms with E-state index in [-0.39, 0.29) is 39.3 Å². The summed E-state index contributed by atoms with van der Waals surface area (Å²) in [5.41, 5.74) is 0. The van der Waals surface area contributed by atoms with Crippen molar-refractivity contribution in [3.63, 3.8) is 0 Å². The molecule has 0 unspecified atom stereocenters. The van der Waals surface area contributed by atoms with Crippen molar-refractivity contribution in [2.24, 2.45) is 0 Å². The van der Waals surface area contributed by atoms with Crippen molar-refractivity contribution in [1.82, 2.24) is 0 Å². The summed E-state index contributed by atoms with van der Waals surface area (Å²) in [7, 11) is -5.39. The molecule has 0 aliphatic carbocycles. The smallest absolute Gasteiger partial charge is 0.822 e. The van der Waals surface area contributed by atoms with E-state index in [1.54, 1.807) is 0 Å². The zero-order valence-electron chi connectivity index (χ0n) is 4.49. The van der Waals surface area contributed by atoms with Gasteiger partial charge in [-0.25, -0.2) is 0 Å². The van der Waals surface area contributed by atoms with E-state index in [0.717, 1.165) is 0 Å². The Morgan fingerprint density at radius 3 is 0.800 bits per heavy atom. The van der Waals surface area contributed by atoms with Gasteiger partial charge in [0.05, 0.1) is 0 Å². The van der Waals surface area contributed by atoms with E-state index in [9.17, 15) is 0 Å². The third kappa shape index (κ3) is 2040. The quantitative estimate of drug-likeness (QED) is 0.363. The Labute approximate surface area is 67.1 Å². The van der Waals surface area contributed by atoms with Gasteiger partial charge in [-0.05, 0) is 0 Å². The Hall–Kier alpha value is 0.482. The van der Waals surface area contributed by atoms with Crippen LogP contribution in [0.2, 0.25) is 0 Å². The predicted molar refractivity (Wildman–Crippen MR) is 22.1 cm³/mol. The molecule has 0 heterocycles. The first-order valence-corrected chi connectivity index (χ1v) is 2.19. The van der Waals surface area contributed by atoms with Gasteiger partial charge in [-0.1, -0.05) is 0 Å². The van der Waals surface area contributed by atoms with Crippen molar-refractivity contribution in [2.75, 3.05) is 0 Å². The van der Waals surface area contributed by atoms with Crippen LogP contribution in [-0.4, -0.2) is 21.9 Å². The Bertz CT molecular complexity index is 55.4. The van der Waals surface area contributed by atoms with Crippen molar-refractivity contribution in [1.29, 1.82) is 0 Å². The molecule has 0 saturated heterocycles. The van der Waals surface area contributed by atoms with Crippen molar-refractivity contribution in [2.45, 2.75) is 0 Å². The summed E-state index contributed by atoms with van der Waals surface area (Å²) in [6, 6.07) is 0. The van der Waals surface area contributed by atoms with Crippen LogP contribution in [-0.2, 0) is 21.9 Å². The summed E-state index contributed by atoms with van der Waals surface area (Å²) in [5.74, 6) is 0. The second-order valence-corrected chi connectivity index (χ2v) is 1.34. The molecular weight excluding hydrogens is 211 g/mol. The van der Waals surface area contributed by atoms with E-state index in [0.29, 0.717) is 0 Å². The van der Waals surface area contributed by atoms with Crippen LogP contribution in [0.4, 0.5) is 0 Å². The van der Waals surface area contributed by atoms with E-state index in [2.05, 4.69) is 0 Å². The fourth-order valence-corrected chi connectivity index (χ4v) is 0. The Kier molecular flexibility index (Phi) is 76.2. The molecule has 1 radical (unpaired) electrons. The molecular formula is H8CrO8P. The summed E-state index contributed by atoms with van der Waals surface area (Å²) in [6.07, 6.45) is 0. The van der Waals surface area contributed by atoms with Gasteiger partial charge in [0.2, 0.25) is 0 Å². The van der Waals surface area contributed by atoms with Gasteiger partial charge in [-0.15, -0.1) is 0 Å². The molecule has 0 saturated carbocycles. The average molecular weight is 219 g/mol. The monoisotopic (exact) mass is 219 g/mol. The molecule has 0 aromatic carbocycles. The van der Waals surface area contributed by atoms with Crippen LogP contribution in [0, 0.1) is 0 Å². The van der Waals surface area contributed by atoms with Crippen molar-refractivity contribution >= 4 is 7.82 Å². The first-order valence-electron chi connectivity index (χ1n) is 0.730. The molecule has 0 amide bonds. The fraction of sp³-hybridized carbons (Fsp3) is 0. The van der Waals surface area contributed by atoms with Gasteiger partial charge in [0, 0.05) is 0 Å². The first kappa shape index (κ1) is 46.9. The molecule has 0 spiro atoms. The molecule has 0 aromatic heterocycles. The third-order valence-electron chi connectivity index (χ3n) is 0. The normalized spacial score (nSPS) is 5.90. The van der Waals surface area contributed by atoms with E-state index in [1.165, 1.54) is 0 Å². The van der Waals surface area contributed by atoms with Crippen molar-refractivity contribution in [3.05, 3.63) is 0 Å². The van der Waals surface area contributed by atoms with Crippen LogP contribution < -0.4 is 14.7 Å². The van der Waals surface area contributed by atoms with Crippen LogP contribution in [0.1, 0.15) is 0 Å². The van der Waals surface area contributed by atoms with Gasteiger partial charge >= 0.3 is 17.4 Å². The standard InChI is InChI=1S/Cr.H3O4P.4H2O/c;1-5(2,3)4;;;;/h;(H3,1,2,3,4);4*1H2/q+3;;;;;/p-3. The van der Waals surface area contributed by atoms with E-state index >= 15 is 0 Å². The van der Waals surface area contributed by atoms with E-state index in [4.69, 9.17) is 19.2 Å². The summed E-state index contributed by atoms with van der Waals surface area (Å²) >= 11 is 0. The van der Waals surface area contributed by atoms with Gasteiger partial charge in [-0.2, -0.15) is 7.82 Å². The summed E-state index contributed by atoms with van der Waals surface area (Å²) < 4.78 is 8.55. The molecule has 8 N–H and O–H groups in total. The Morgan fingerprint density at radius 2 is 0.800 bits per heavy atom. The maximum atomic E-state index is 8.55. The second kappa shape index (κ2) is 16.2. The number of hydrogen-bond donors (Lipinski definition) is 0. The summed E-state index contributed by atoms with van der Waals surface area (Å²) in [4.78, 5) is 25.6.